The number of amides is 1. The van der Waals surface area contributed by atoms with E-state index in [4.69, 9.17) is 5.11 Å². The molecule has 116 valence electrons. The van der Waals surface area contributed by atoms with Crippen LogP contribution >= 0.6 is 0 Å². The predicted octanol–water partition coefficient (Wildman–Crippen LogP) is 1.18. The zero-order valence-corrected chi connectivity index (χ0v) is 12.4. The first kappa shape index (κ1) is 17.1. The molecule has 21 heavy (non-hydrogen) atoms. The van der Waals surface area contributed by atoms with Crippen LogP contribution in [0.3, 0.4) is 0 Å². The molecule has 0 spiro atoms. The van der Waals surface area contributed by atoms with Crippen LogP contribution in [0.4, 0.5) is 5.69 Å². The highest BCUT2D eigenvalue weighted by Gasteiger charge is 2.12. The Morgan fingerprint density at radius 3 is 2.48 bits per heavy atom. The van der Waals surface area contributed by atoms with Gasteiger partial charge < -0.3 is 10.4 Å². The van der Waals surface area contributed by atoms with Crippen LogP contribution in [-0.4, -0.2) is 32.4 Å². The van der Waals surface area contributed by atoms with Crippen molar-refractivity contribution in [1.29, 1.82) is 0 Å². The third-order valence-electron chi connectivity index (χ3n) is 2.74. The number of hydrogen-bond donors (Lipinski definition) is 3. The van der Waals surface area contributed by atoms with Crippen molar-refractivity contribution in [2.45, 2.75) is 30.6 Å². The smallest absolute Gasteiger partial charge is 0.303 e. The Morgan fingerprint density at radius 1 is 1.19 bits per heavy atom. The van der Waals surface area contributed by atoms with E-state index in [-0.39, 0.29) is 23.6 Å². The largest absolute Gasteiger partial charge is 0.481 e. The number of aliphatic carboxylic acids is 1. The molecule has 7 nitrogen and oxygen atoms in total. The van der Waals surface area contributed by atoms with Gasteiger partial charge in [-0.15, -0.1) is 0 Å². The number of carbonyl (C=O) groups is 2. The molecule has 1 aromatic carbocycles. The van der Waals surface area contributed by atoms with Crippen LogP contribution in [0.5, 0.6) is 0 Å². The second-order valence-electron chi connectivity index (χ2n) is 4.38. The number of anilines is 1. The fraction of sp³-hybridized carbons (Fsp3) is 0.385. The molecule has 0 aliphatic rings. The number of unbranched alkanes of at least 4 members (excludes halogenated alkanes) is 1. The molecule has 0 saturated carbocycles. The van der Waals surface area contributed by atoms with Crippen molar-refractivity contribution < 1.29 is 23.1 Å². The van der Waals surface area contributed by atoms with Gasteiger partial charge in [0.2, 0.25) is 15.9 Å². The highest BCUT2D eigenvalue weighted by Crippen LogP contribution is 2.15. The van der Waals surface area contributed by atoms with E-state index in [0.717, 1.165) is 0 Å². The topological polar surface area (TPSA) is 113 Å². The van der Waals surface area contributed by atoms with Gasteiger partial charge in [-0.1, -0.05) is 6.07 Å². The Bertz CT molecular complexity index is 613. The van der Waals surface area contributed by atoms with Gasteiger partial charge in [0, 0.05) is 18.5 Å². The zero-order valence-electron chi connectivity index (χ0n) is 11.6. The van der Waals surface area contributed by atoms with E-state index in [1.807, 2.05) is 0 Å². The van der Waals surface area contributed by atoms with Crippen LogP contribution in [0.1, 0.15) is 25.7 Å². The van der Waals surface area contributed by atoms with Crippen LogP contribution in [0, 0.1) is 0 Å². The van der Waals surface area contributed by atoms with Crippen LogP contribution in [-0.2, 0) is 19.6 Å². The minimum absolute atomic E-state index is 0.0309. The van der Waals surface area contributed by atoms with Crippen LogP contribution in [0.2, 0.25) is 0 Å². The summed E-state index contributed by atoms with van der Waals surface area (Å²) in [5.41, 5.74) is 0.384. The molecule has 0 atom stereocenters. The first-order chi connectivity index (χ1) is 9.85. The van der Waals surface area contributed by atoms with Crippen molar-refractivity contribution in [2.24, 2.45) is 0 Å². The second-order valence-corrected chi connectivity index (χ2v) is 6.27. The average molecular weight is 314 g/mol. The highest BCUT2D eigenvalue weighted by molar-refractivity contribution is 7.89. The third kappa shape index (κ3) is 5.92. The summed E-state index contributed by atoms with van der Waals surface area (Å²) in [5, 5.41) is 11.1. The summed E-state index contributed by atoms with van der Waals surface area (Å²) in [6.07, 6.45) is 1.11. The third-order valence-corrected chi connectivity index (χ3v) is 4.15. The lowest BCUT2D eigenvalue weighted by Gasteiger charge is -2.07. The molecular formula is C13H18N2O5S. The van der Waals surface area contributed by atoms with Gasteiger partial charge in [0.1, 0.15) is 0 Å². The predicted molar refractivity (Wildman–Crippen MR) is 77.4 cm³/mol. The summed E-state index contributed by atoms with van der Waals surface area (Å²) in [4.78, 5) is 22.1. The second kappa shape index (κ2) is 7.75. The quantitative estimate of drug-likeness (QED) is 0.624. The van der Waals surface area contributed by atoms with E-state index in [2.05, 4.69) is 10.0 Å². The highest BCUT2D eigenvalue weighted by atomic mass is 32.2. The minimum Gasteiger partial charge on any atom is -0.481 e. The standard InChI is InChI=1S/C13H18N2O5S/c1-14-21(19,20)11-6-4-5-10(9-11)15-12(16)7-2-3-8-13(17)18/h4-6,9,14H,2-3,7-8H2,1H3,(H,15,16)(H,17,18). The molecule has 1 amide bonds. The lowest BCUT2D eigenvalue weighted by molar-refractivity contribution is -0.137. The average Bonchev–Trinajstić information content (AvgIpc) is 2.43. The van der Waals surface area contributed by atoms with E-state index < -0.39 is 16.0 Å². The molecule has 0 bridgehead atoms. The van der Waals surface area contributed by atoms with Gasteiger partial charge >= 0.3 is 5.97 Å². The molecule has 0 radical (unpaired) electrons. The van der Waals surface area contributed by atoms with Gasteiger partial charge in [-0.05, 0) is 38.1 Å². The van der Waals surface area contributed by atoms with Gasteiger partial charge in [-0.25, -0.2) is 13.1 Å². The number of nitrogens with one attached hydrogen (secondary N) is 2. The van der Waals surface area contributed by atoms with Crippen molar-refractivity contribution in [3.63, 3.8) is 0 Å². The summed E-state index contributed by atoms with van der Waals surface area (Å²) in [6, 6.07) is 5.91. The maximum atomic E-state index is 11.7. The summed E-state index contributed by atoms with van der Waals surface area (Å²) in [7, 11) is -2.24. The molecule has 8 heteroatoms. The van der Waals surface area contributed by atoms with Crippen LogP contribution < -0.4 is 10.0 Å². The van der Waals surface area contributed by atoms with Crippen LogP contribution in [0.15, 0.2) is 29.2 Å². The Kier molecular flexibility index (Phi) is 6.32. The number of carboxylic acids is 1. The number of sulfonamides is 1. The van der Waals surface area contributed by atoms with Gasteiger partial charge in [0.15, 0.2) is 0 Å². The number of carbonyl (C=O) groups excluding carboxylic acids is 1. The maximum Gasteiger partial charge on any atom is 0.303 e. The maximum absolute atomic E-state index is 11.7. The minimum atomic E-state index is -3.55. The molecule has 1 rings (SSSR count). The van der Waals surface area contributed by atoms with E-state index in [9.17, 15) is 18.0 Å². The molecule has 0 heterocycles. The van der Waals surface area contributed by atoms with Gasteiger partial charge in [0.05, 0.1) is 4.90 Å². The monoisotopic (exact) mass is 314 g/mol. The lowest BCUT2D eigenvalue weighted by Crippen LogP contribution is -2.19. The molecular weight excluding hydrogens is 296 g/mol. The number of hydrogen-bond acceptors (Lipinski definition) is 4. The molecule has 0 unspecified atom stereocenters. The van der Waals surface area contributed by atoms with E-state index >= 15 is 0 Å². The molecule has 0 aromatic heterocycles. The summed E-state index contributed by atoms with van der Waals surface area (Å²) >= 11 is 0. The number of rotatable bonds is 8. The molecule has 0 fully saturated rings. The summed E-state index contributed by atoms with van der Waals surface area (Å²) in [6.45, 7) is 0. The zero-order chi connectivity index (χ0) is 15.9. The van der Waals surface area contributed by atoms with Crippen molar-refractivity contribution >= 4 is 27.6 Å². The number of carboxylic acid groups (broad SMARTS) is 1. The first-order valence-electron chi connectivity index (χ1n) is 6.40. The Balaban J connectivity index is 2.57. The Morgan fingerprint density at radius 2 is 1.86 bits per heavy atom. The first-order valence-corrected chi connectivity index (χ1v) is 7.89. The van der Waals surface area contributed by atoms with E-state index in [1.165, 1.54) is 25.2 Å². The molecule has 0 aliphatic carbocycles. The lowest BCUT2D eigenvalue weighted by atomic mass is 10.2. The Labute approximate surface area is 123 Å². The van der Waals surface area contributed by atoms with E-state index in [1.54, 1.807) is 6.07 Å². The Hall–Kier alpha value is -1.93. The molecule has 0 aliphatic heterocycles. The van der Waals surface area contributed by atoms with Crippen molar-refractivity contribution in [1.82, 2.24) is 4.72 Å². The van der Waals surface area contributed by atoms with Gasteiger partial charge in [0.25, 0.3) is 0 Å². The molecule has 1 aromatic rings. The SMILES string of the molecule is CNS(=O)(=O)c1cccc(NC(=O)CCCCC(=O)O)c1. The number of benzene rings is 1. The van der Waals surface area contributed by atoms with Crippen LogP contribution in [0.25, 0.3) is 0 Å². The fourth-order valence-corrected chi connectivity index (χ4v) is 2.42. The van der Waals surface area contributed by atoms with Gasteiger partial charge in [-0.2, -0.15) is 0 Å². The van der Waals surface area contributed by atoms with E-state index in [0.29, 0.717) is 18.5 Å². The molecule has 3 N–H and O–H groups in total. The summed E-state index contributed by atoms with van der Waals surface area (Å²) in [5.74, 6) is -1.17. The summed E-state index contributed by atoms with van der Waals surface area (Å²) < 4.78 is 25.5. The van der Waals surface area contributed by atoms with Crippen molar-refractivity contribution in [2.75, 3.05) is 12.4 Å². The van der Waals surface area contributed by atoms with Crippen molar-refractivity contribution in [3.05, 3.63) is 24.3 Å². The fourth-order valence-electron chi connectivity index (χ4n) is 1.64. The van der Waals surface area contributed by atoms with Crippen molar-refractivity contribution in [3.8, 4) is 0 Å². The normalized spacial score (nSPS) is 11.1. The van der Waals surface area contributed by atoms with Gasteiger partial charge in [-0.3, -0.25) is 9.59 Å². The molecule has 0 saturated heterocycles.